The van der Waals surface area contributed by atoms with Crippen LogP contribution in [0.3, 0.4) is 0 Å². The Balaban J connectivity index is 1.26. The number of piperidine rings is 1. The highest BCUT2D eigenvalue weighted by Gasteiger charge is 2.44. The van der Waals surface area contributed by atoms with Crippen LogP contribution < -0.4 is 10.0 Å². The first kappa shape index (κ1) is 29.3. The number of amides is 1. The van der Waals surface area contributed by atoms with Crippen LogP contribution in [-0.4, -0.2) is 49.5 Å². The average molecular weight is 591 g/mol. The quantitative estimate of drug-likeness (QED) is 0.359. The van der Waals surface area contributed by atoms with Gasteiger partial charge in [0.15, 0.2) is 12.2 Å². The highest BCUT2D eigenvalue weighted by atomic mass is 32.2. The molecule has 12 heteroatoms. The van der Waals surface area contributed by atoms with Gasteiger partial charge in [-0.15, -0.1) is 0 Å². The summed E-state index contributed by atoms with van der Waals surface area (Å²) < 4.78 is 74.5. The first-order chi connectivity index (χ1) is 19.6. The minimum Gasteiger partial charge on any atom is -0.444 e. The summed E-state index contributed by atoms with van der Waals surface area (Å²) in [5, 5.41) is 2.73. The Hall–Kier alpha value is -3.22. The number of sulfonamides is 1. The number of nitrogens with one attached hydrogen (secondary N) is 2. The number of benzene rings is 2. The third-order valence-corrected chi connectivity index (χ3v) is 9.12. The molecule has 1 amide bonds. The minimum absolute atomic E-state index is 0.264. The summed E-state index contributed by atoms with van der Waals surface area (Å²) in [7, 11) is -4.62. The number of oxazole rings is 1. The molecule has 0 saturated carbocycles. The van der Waals surface area contributed by atoms with Gasteiger partial charge in [-0.3, -0.25) is 9.69 Å². The number of nitrogens with zero attached hydrogens (tertiary/aromatic N) is 2. The fourth-order valence-electron chi connectivity index (χ4n) is 5.58. The fraction of sp³-hybridized carbons (Fsp3) is 0.448. The molecule has 0 bridgehead atoms. The Bertz CT molecular complexity index is 1450. The molecule has 220 valence electrons. The standard InChI is InChI=1S/C29H33F3N4O4S/c30-29(31,32)27(35-41(38,39)23-8-4-7-22(15-23)26-17-33-19-40-26)16-28(37)34-25-9-5-6-21-14-20(10-11-24(21)25)18-36-12-2-1-3-13-36/h4,7-8,10-11,14-15,17,19,25,27,35H,1-3,5-6,9,12-13,16,18H2,(H,34,37)/t25-,27-/m1/s1. The normalized spacial score (nSPS) is 19.0. The van der Waals surface area contributed by atoms with Crippen LogP contribution in [0.2, 0.25) is 0 Å². The molecule has 2 aliphatic rings. The number of hydrogen-bond donors (Lipinski definition) is 2. The van der Waals surface area contributed by atoms with Gasteiger partial charge in [0.25, 0.3) is 0 Å². The zero-order valence-corrected chi connectivity index (χ0v) is 23.3. The lowest BCUT2D eigenvalue weighted by Gasteiger charge is -2.30. The van der Waals surface area contributed by atoms with E-state index in [9.17, 15) is 26.4 Å². The number of aryl methyl sites for hydroxylation is 1. The van der Waals surface area contributed by atoms with Crippen molar-refractivity contribution in [3.63, 3.8) is 0 Å². The van der Waals surface area contributed by atoms with Crippen LogP contribution in [0.25, 0.3) is 11.3 Å². The zero-order valence-electron chi connectivity index (χ0n) is 22.5. The molecule has 0 radical (unpaired) electrons. The Morgan fingerprint density at radius 2 is 1.90 bits per heavy atom. The lowest BCUT2D eigenvalue weighted by atomic mass is 9.86. The van der Waals surface area contributed by atoms with E-state index in [0.29, 0.717) is 12.0 Å². The summed E-state index contributed by atoms with van der Waals surface area (Å²) in [6, 6.07) is 8.40. The van der Waals surface area contributed by atoms with E-state index in [1.807, 2.05) is 12.1 Å². The molecule has 1 saturated heterocycles. The second kappa shape index (κ2) is 12.3. The number of rotatable bonds is 9. The van der Waals surface area contributed by atoms with Crippen molar-refractivity contribution in [2.45, 2.75) is 74.6 Å². The van der Waals surface area contributed by atoms with Gasteiger partial charge in [-0.05, 0) is 74.0 Å². The second-order valence-corrected chi connectivity index (χ2v) is 12.4. The van der Waals surface area contributed by atoms with Crippen molar-refractivity contribution in [1.82, 2.24) is 19.9 Å². The smallest absolute Gasteiger partial charge is 0.405 e. The molecule has 3 aromatic rings. The molecule has 5 rings (SSSR count). The van der Waals surface area contributed by atoms with Crippen LogP contribution in [0.4, 0.5) is 13.2 Å². The molecule has 41 heavy (non-hydrogen) atoms. The van der Waals surface area contributed by atoms with Gasteiger partial charge in [-0.1, -0.05) is 36.8 Å². The van der Waals surface area contributed by atoms with Crippen molar-refractivity contribution < 1.29 is 30.8 Å². The molecule has 0 spiro atoms. The number of halogens is 3. The van der Waals surface area contributed by atoms with Crippen molar-refractivity contribution in [2.75, 3.05) is 13.1 Å². The number of likely N-dealkylation sites (tertiary alicyclic amines) is 1. The van der Waals surface area contributed by atoms with Gasteiger partial charge in [-0.25, -0.2) is 13.4 Å². The Morgan fingerprint density at radius 3 is 2.63 bits per heavy atom. The summed E-state index contributed by atoms with van der Waals surface area (Å²) in [6.07, 6.45) is 2.34. The van der Waals surface area contributed by atoms with E-state index in [2.05, 4.69) is 21.3 Å². The van der Waals surface area contributed by atoms with Crippen LogP contribution in [0.5, 0.6) is 0 Å². The third kappa shape index (κ3) is 7.35. The summed E-state index contributed by atoms with van der Waals surface area (Å²) >= 11 is 0. The Kier molecular flexibility index (Phi) is 8.81. The summed E-state index contributed by atoms with van der Waals surface area (Å²) in [4.78, 5) is 18.7. The van der Waals surface area contributed by atoms with E-state index in [-0.39, 0.29) is 10.7 Å². The van der Waals surface area contributed by atoms with Gasteiger partial charge in [0.1, 0.15) is 6.04 Å². The van der Waals surface area contributed by atoms with Gasteiger partial charge >= 0.3 is 6.18 Å². The average Bonchev–Trinajstić information content (AvgIpc) is 3.48. The first-order valence-corrected chi connectivity index (χ1v) is 15.3. The lowest BCUT2D eigenvalue weighted by molar-refractivity contribution is -0.158. The molecule has 2 atom stereocenters. The van der Waals surface area contributed by atoms with E-state index in [1.54, 1.807) is 10.8 Å². The molecule has 1 aliphatic carbocycles. The van der Waals surface area contributed by atoms with E-state index in [4.69, 9.17) is 4.42 Å². The summed E-state index contributed by atoms with van der Waals surface area (Å²) in [5.74, 6) is -0.610. The predicted octanol–water partition coefficient (Wildman–Crippen LogP) is 5.12. The Labute approximate surface area is 237 Å². The number of carbonyl (C=O) groups excluding carboxylic acids is 1. The van der Waals surface area contributed by atoms with Crippen LogP contribution in [0.1, 0.15) is 61.3 Å². The SMILES string of the molecule is O=C(C[C@@H](NS(=O)(=O)c1cccc(-c2cnco2)c1)C(F)(F)F)N[C@@H]1CCCc2cc(CN3CCCCC3)ccc21. The van der Waals surface area contributed by atoms with Crippen molar-refractivity contribution in [1.29, 1.82) is 0 Å². The number of hydrogen-bond acceptors (Lipinski definition) is 6. The number of fused-ring (bicyclic) bond motifs is 1. The van der Waals surface area contributed by atoms with Gasteiger partial charge in [0.05, 0.1) is 23.6 Å². The van der Waals surface area contributed by atoms with E-state index < -0.39 is 40.6 Å². The molecular formula is C29H33F3N4O4S. The number of alkyl halides is 3. The maximum absolute atomic E-state index is 13.9. The molecule has 8 nitrogen and oxygen atoms in total. The minimum atomic E-state index is -4.99. The molecule has 1 aliphatic heterocycles. The van der Waals surface area contributed by atoms with Crippen molar-refractivity contribution >= 4 is 15.9 Å². The number of carbonyl (C=O) groups is 1. The zero-order chi connectivity index (χ0) is 29.0. The van der Waals surface area contributed by atoms with Gasteiger partial charge in [-0.2, -0.15) is 17.9 Å². The predicted molar refractivity (Wildman–Crippen MR) is 146 cm³/mol. The van der Waals surface area contributed by atoms with Crippen LogP contribution >= 0.6 is 0 Å². The molecule has 2 heterocycles. The van der Waals surface area contributed by atoms with Crippen molar-refractivity contribution in [3.8, 4) is 11.3 Å². The van der Waals surface area contributed by atoms with Crippen LogP contribution in [-0.2, 0) is 27.8 Å². The summed E-state index contributed by atoms with van der Waals surface area (Å²) in [6.45, 7) is 3.01. The molecule has 0 unspecified atom stereocenters. The van der Waals surface area contributed by atoms with Crippen LogP contribution in [0, 0.1) is 0 Å². The topological polar surface area (TPSA) is 105 Å². The van der Waals surface area contributed by atoms with Crippen LogP contribution in [0.15, 0.2) is 64.4 Å². The van der Waals surface area contributed by atoms with Crippen molar-refractivity contribution in [3.05, 3.63) is 71.7 Å². The number of aromatic nitrogens is 1. The molecule has 1 aromatic heterocycles. The maximum Gasteiger partial charge on any atom is 0.405 e. The highest BCUT2D eigenvalue weighted by molar-refractivity contribution is 7.89. The van der Waals surface area contributed by atoms with E-state index in [0.717, 1.165) is 50.0 Å². The van der Waals surface area contributed by atoms with E-state index >= 15 is 0 Å². The molecule has 2 aromatic carbocycles. The molecule has 2 N–H and O–H groups in total. The highest BCUT2D eigenvalue weighted by Crippen LogP contribution is 2.32. The molecule has 1 fully saturated rings. The lowest BCUT2D eigenvalue weighted by Crippen LogP contribution is -2.48. The van der Waals surface area contributed by atoms with Gasteiger partial charge < -0.3 is 9.73 Å². The maximum atomic E-state index is 13.9. The summed E-state index contributed by atoms with van der Waals surface area (Å²) in [5.41, 5.74) is 3.52. The Morgan fingerprint density at radius 1 is 1.10 bits per heavy atom. The fourth-order valence-corrected chi connectivity index (χ4v) is 6.85. The van der Waals surface area contributed by atoms with Gasteiger partial charge in [0, 0.05) is 12.1 Å². The van der Waals surface area contributed by atoms with E-state index in [1.165, 1.54) is 49.2 Å². The second-order valence-electron chi connectivity index (χ2n) is 10.7. The monoisotopic (exact) mass is 590 g/mol. The first-order valence-electron chi connectivity index (χ1n) is 13.8. The largest absolute Gasteiger partial charge is 0.444 e. The molecular weight excluding hydrogens is 557 g/mol. The third-order valence-electron chi connectivity index (χ3n) is 7.66. The van der Waals surface area contributed by atoms with Crippen molar-refractivity contribution in [2.24, 2.45) is 0 Å². The van der Waals surface area contributed by atoms with Gasteiger partial charge in [0.2, 0.25) is 15.9 Å².